The smallest absolute Gasteiger partial charge is 0.161 e. The zero-order chi connectivity index (χ0) is 13.0. The minimum absolute atomic E-state index is 0.660. The molecule has 98 valence electrons. The van der Waals surface area contributed by atoms with Crippen LogP contribution in [0.15, 0.2) is 29.3 Å². The van der Waals surface area contributed by atoms with Crippen molar-refractivity contribution in [3.8, 4) is 0 Å². The van der Waals surface area contributed by atoms with Gasteiger partial charge < -0.3 is 5.32 Å². The van der Waals surface area contributed by atoms with Gasteiger partial charge in [-0.25, -0.2) is 0 Å². The van der Waals surface area contributed by atoms with Gasteiger partial charge in [-0.2, -0.15) is 0 Å². The summed E-state index contributed by atoms with van der Waals surface area (Å²) < 4.78 is 0. The van der Waals surface area contributed by atoms with Crippen LogP contribution in [-0.4, -0.2) is 17.0 Å². The Morgan fingerprint density at radius 3 is 2.56 bits per heavy atom. The SMILES string of the molecule is CCC(CC)C1CN=C(Nc2ccc(C)cc2)S1. The van der Waals surface area contributed by atoms with Crippen molar-refractivity contribution in [1.29, 1.82) is 0 Å². The van der Waals surface area contributed by atoms with Crippen LogP contribution in [0, 0.1) is 12.8 Å². The van der Waals surface area contributed by atoms with Gasteiger partial charge in [0.15, 0.2) is 5.17 Å². The van der Waals surface area contributed by atoms with E-state index in [-0.39, 0.29) is 0 Å². The van der Waals surface area contributed by atoms with Gasteiger partial charge in [-0.05, 0) is 25.0 Å². The summed E-state index contributed by atoms with van der Waals surface area (Å²) in [4.78, 5) is 4.62. The molecular formula is C15H22N2S. The van der Waals surface area contributed by atoms with E-state index in [2.05, 4.69) is 55.3 Å². The topological polar surface area (TPSA) is 24.4 Å². The molecule has 1 unspecified atom stereocenters. The number of anilines is 1. The maximum Gasteiger partial charge on any atom is 0.161 e. The van der Waals surface area contributed by atoms with Crippen LogP contribution in [0.1, 0.15) is 32.3 Å². The summed E-state index contributed by atoms with van der Waals surface area (Å²) in [5.74, 6) is 0.788. The summed E-state index contributed by atoms with van der Waals surface area (Å²) >= 11 is 1.91. The molecule has 18 heavy (non-hydrogen) atoms. The molecular weight excluding hydrogens is 240 g/mol. The second kappa shape index (κ2) is 6.28. The Hall–Kier alpha value is -0.960. The molecule has 1 aromatic carbocycles. The average molecular weight is 262 g/mol. The van der Waals surface area contributed by atoms with Crippen molar-refractivity contribution in [2.24, 2.45) is 10.9 Å². The highest BCUT2D eigenvalue weighted by atomic mass is 32.2. The fraction of sp³-hybridized carbons (Fsp3) is 0.533. The molecule has 1 aliphatic rings. The Kier molecular flexibility index (Phi) is 4.70. The largest absolute Gasteiger partial charge is 0.335 e. The lowest BCUT2D eigenvalue weighted by Crippen LogP contribution is -2.17. The second-order valence-electron chi connectivity index (χ2n) is 4.87. The highest BCUT2D eigenvalue weighted by Crippen LogP contribution is 2.31. The lowest BCUT2D eigenvalue weighted by atomic mass is 9.99. The summed E-state index contributed by atoms with van der Waals surface area (Å²) in [5.41, 5.74) is 2.42. The maximum atomic E-state index is 4.62. The molecule has 0 saturated heterocycles. The van der Waals surface area contributed by atoms with E-state index in [1.54, 1.807) is 0 Å². The summed E-state index contributed by atoms with van der Waals surface area (Å²) in [5, 5.41) is 5.15. The highest BCUT2D eigenvalue weighted by Gasteiger charge is 2.25. The maximum absolute atomic E-state index is 4.62. The second-order valence-corrected chi connectivity index (χ2v) is 6.10. The van der Waals surface area contributed by atoms with Crippen LogP contribution >= 0.6 is 11.8 Å². The number of benzene rings is 1. The van der Waals surface area contributed by atoms with Crippen LogP contribution in [-0.2, 0) is 0 Å². The molecule has 0 spiro atoms. The van der Waals surface area contributed by atoms with Crippen LogP contribution in [0.4, 0.5) is 5.69 Å². The first-order valence-electron chi connectivity index (χ1n) is 6.77. The van der Waals surface area contributed by atoms with Gasteiger partial charge in [0.25, 0.3) is 0 Å². The van der Waals surface area contributed by atoms with Gasteiger partial charge in [-0.3, -0.25) is 4.99 Å². The Balaban J connectivity index is 1.91. The van der Waals surface area contributed by atoms with E-state index < -0.39 is 0 Å². The number of hydrogen-bond donors (Lipinski definition) is 1. The van der Waals surface area contributed by atoms with E-state index in [1.165, 1.54) is 18.4 Å². The Morgan fingerprint density at radius 2 is 1.94 bits per heavy atom. The molecule has 3 heteroatoms. The Morgan fingerprint density at radius 1 is 1.28 bits per heavy atom. The van der Waals surface area contributed by atoms with Gasteiger partial charge in [0.2, 0.25) is 0 Å². The number of thioether (sulfide) groups is 1. The van der Waals surface area contributed by atoms with Gasteiger partial charge in [0, 0.05) is 10.9 Å². The molecule has 0 bridgehead atoms. The van der Waals surface area contributed by atoms with E-state index in [0.717, 1.165) is 23.3 Å². The van der Waals surface area contributed by atoms with Crippen LogP contribution < -0.4 is 5.32 Å². The summed E-state index contributed by atoms with van der Waals surface area (Å²) in [6.45, 7) is 7.63. The minimum Gasteiger partial charge on any atom is -0.335 e. The van der Waals surface area contributed by atoms with Crippen molar-refractivity contribution >= 4 is 22.6 Å². The van der Waals surface area contributed by atoms with E-state index in [9.17, 15) is 0 Å². The number of hydrogen-bond acceptors (Lipinski definition) is 3. The van der Waals surface area contributed by atoms with E-state index in [1.807, 2.05) is 11.8 Å². The average Bonchev–Trinajstić information content (AvgIpc) is 2.82. The molecule has 1 atom stereocenters. The zero-order valence-electron chi connectivity index (χ0n) is 11.4. The quantitative estimate of drug-likeness (QED) is 0.874. The summed E-state index contributed by atoms with van der Waals surface area (Å²) in [6.07, 6.45) is 2.50. The van der Waals surface area contributed by atoms with Crippen LogP contribution in [0.2, 0.25) is 0 Å². The van der Waals surface area contributed by atoms with Crippen molar-refractivity contribution < 1.29 is 0 Å². The van der Waals surface area contributed by atoms with Gasteiger partial charge in [-0.15, -0.1) is 0 Å². The lowest BCUT2D eigenvalue weighted by Gasteiger charge is -2.18. The molecule has 2 nitrogen and oxygen atoms in total. The molecule has 0 fully saturated rings. The first-order chi connectivity index (χ1) is 8.72. The Bertz CT molecular complexity index is 407. The summed E-state index contributed by atoms with van der Waals surface area (Å²) in [6, 6.07) is 8.48. The predicted octanol–water partition coefficient (Wildman–Crippen LogP) is 4.31. The number of aryl methyl sites for hydroxylation is 1. The monoisotopic (exact) mass is 262 g/mol. The van der Waals surface area contributed by atoms with Crippen molar-refractivity contribution in [2.75, 3.05) is 11.9 Å². The fourth-order valence-corrected chi connectivity index (χ4v) is 3.62. The fourth-order valence-electron chi connectivity index (χ4n) is 2.28. The molecule has 0 aliphatic carbocycles. The number of aliphatic imine (C=N–C) groups is 1. The molecule has 0 aromatic heterocycles. The number of nitrogens with one attached hydrogen (secondary N) is 1. The van der Waals surface area contributed by atoms with Crippen LogP contribution in [0.25, 0.3) is 0 Å². The van der Waals surface area contributed by atoms with Crippen LogP contribution in [0.3, 0.4) is 0 Å². The van der Waals surface area contributed by atoms with Gasteiger partial charge in [0.05, 0.1) is 6.54 Å². The zero-order valence-corrected chi connectivity index (χ0v) is 12.3. The minimum atomic E-state index is 0.660. The van der Waals surface area contributed by atoms with Crippen molar-refractivity contribution in [3.05, 3.63) is 29.8 Å². The molecule has 1 heterocycles. The van der Waals surface area contributed by atoms with Crippen molar-refractivity contribution in [2.45, 2.75) is 38.9 Å². The molecule has 0 radical (unpaired) electrons. The molecule has 1 N–H and O–H groups in total. The molecule has 1 aromatic rings. The van der Waals surface area contributed by atoms with E-state index in [0.29, 0.717) is 5.25 Å². The molecule has 2 rings (SSSR count). The van der Waals surface area contributed by atoms with Crippen molar-refractivity contribution in [1.82, 2.24) is 0 Å². The number of nitrogens with zero attached hydrogens (tertiary/aromatic N) is 1. The molecule has 0 saturated carbocycles. The third kappa shape index (κ3) is 3.29. The first-order valence-corrected chi connectivity index (χ1v) is 7.65. The highest BCUT2D eigenvalue weighted by molar-refractivity contribution is 8.15. The number of rotatable bonds is 4. The normalized spacial score (nSPS) is 19.1. The van der Waals surface area contributed by atoms with E-state index in [4.69, 9.17) is 0 Å². The van der Waals surface area contributed by atoms with Gasteiger partial charge in [0.1, 0.15) is 0 Å². The standard InChI is InChI=1S/C15H22N2S/c1-4-12(5-2)14-10-16-15(18-14)17-13-8-6-11(3)7-9-13/h6-9,12,14H,4-5,10H2,1-3H3,(H,16,17). The van der Waals surface area contributed by atoms with Crippen molar-refractivity contribution in [3.63, 3.8) is 0 Å². The summed E-state index contributed by atoms with van der Waals surface area (Å²) in [7, 11) is 0. The van der Waals surface area contributed by atoms with Gasteiger partial charge >= 0.3 is 0 Å². The van der Waals surface area contributed by atoms with E-state index >= 15 is 0 Å². The Labute approximate surface area is 114 Å². The molecule has 0 amide bonds. The molecule has 1 aliphatic heterocycles. The predicted molar refractivity (Wildman–Crippen MR) is 82.6 cm³/mol. The third-order valence-electron chi connectivity index (χ3n) is 3.56. The number of amidine groups is 1. The first kappa shape index (κ1) is 13.5. The third-order valence-corrected chi connectivity index (χ3v) is 4.85. The van der Waals surface area contributed by atoms with Crippen LogP contribution in [0.5, 0.6) is 0 Å². The van der Waals surface area contributed by atoms with Gasteiger partial charge in [-0.1, -0.05) is 56.1 Å². The lowest BCUT2D eigenvalue weighted by molar-refractivity contribution is 0.479.